The molecule has 1 N–H and O–H groups in total. The number of benzene rings is 2. The highest BCUT2D eigenvalue weighted by atomic mass is 19.1. The van der Waals surface area contributed by atoms with Gasteiger partial charge in [-0.2, -0.15) is 0 Å². The summed E-state index contributed by atoms with van der Waals surface area (Å²) in [6.45, 7) is 4.53. The molecule has 34 heavy (non-hydrogen) atoms. The van der Waals surface area contributed by atoms with E-state index in [0.29, 0.717) is 57.7 Å². The SMILES string of the molecule is CCOCCCn1c(NC(=O)C2CCN(C(=O)c3ccc(F)cc3F)CC2)nc2ccccc21. The third-order valence-corrected chi connectivity index (χ3v) is 6.08. The Balaban J connectivity index is 1.39. The maximum absolute atomic E-state index is 14.0. The van der Waals surface area contributed by atoms with Crippen LogP contribution in [0.15, 0.2) is 42.5 Å². The van der Waals surface area contributed by atoms with Crippen LogP contribution in [-0.4, -0.2) is 52.6 Å². The molecular formula is C25H28F2N4O3. The summed E-state index contributed by atoms with van der Waals surface area (Å²) in [4.78, 5) is 31.7. The largest absolute Gasteiger partial charge is 0.382 e. The first-order chi connectivity index (χ1) is 16.5. The van der Waals surface area contributed by atoms with Crippen LogP contribution in [0.3, 0.4) is 0 Å². The van der Waals surface area contributed by atoms with Crippen molar-refractivity contribution in [1.82, 2.24) is 14.5 Å². The summed E-state index contributed by atoms with van der Waals surface area (Å²) in [5.41, 5.74) is 1.58. The molecule has 1 fully saturated rings. The van der Waals surface area contributed by atoms with Crippen LogP contribution in [0.2, 0.25) is 0 Å². The number of halogens is 2. The third-order valence-electron chi connectivity index (χ3n) is 6.08. The molecule has 1 saturated heterocycles. The molecule has 0 unspecified atom stereocenters. The highest BCUT2D eigenvalue weighted by Gasteiger charge is 2.29. The number of anilines is 1. The summed E-state index contributed by atoms with van der Waals surface area (Å²) in [6.07, 6.45) is 1.69. The molecule has 0 radical (unpaired) electrons. The number of aromatic nitrogens is 2. The van der Waals surface area contributed by atoms with E-state index in [1.54, 1.807) is 0 Å². The van der Waals surface area contributed by atoms with E-state index >= 15 is 0 Å². The van der Waals surface area contributed by atoms with Gasteiger partial charge in [0.2, 0.25) is 11.9 Å². The van der Waals surface area contributed by atoms with Crippen molar-refractivity contribution >= 4 is 28.8 Å². The van der Waals surface area contributed by atoms with Gasteiger partial charge in [-0.25, -0.2) is 13.8 Å². The van der Waals surface area contributed by atoms with Crippen LogP contribution >= 0.6 is 0 Å². The molecule has 9 heteroatoms. The van der Waals surface area contributed by atoms with Gasteiger partial charge < -0.3 is 14.2 Å². The van der Waals surface area contributed by atoms with E-state index in [0.717, 1.165) is 29.6 Å². The normalized spacial score (nSPS) is 14.5. The highest BCUT2D eigenvalue weighted by Crippen LogP contribution is 2.24. The topological polar surface area (TPSA) is 76.5 Å². The van der Waals surface area contributed by atoms with Gasteiger partial charge in [-0.15, -0.1) is 0 Å². The molecule has 1 aromatic heterocycles. The van der Waals surface area contributed by atoms with Gasteiger partial charge in [0.1, 0.15) is 11.6 Å². The first-order valence-corrected chi connectivity index (χ1v) is 11.6. The van der Waals surface area contributed by atoms with Gasteiger partial charge in [0, 0.05) is 44.8 Å². The van der Waals surface area contributed by atoms with Crippen molar-refractivity contribution in [2.45, 2.75) is 32.7 Å². The maximum Gasteiger partial charge on any atom is 0.256 e. The Morgan fingerprint density at radius 1 is 1.15 bits per heavy atom. The number of amides is 2. The van der Waals surface area contributed by atoms with Crippen molar-refractivity contribution in [2.75, 3.05) is 31.6 Å². The van der Waals surface area contributed by atoms with Crippen LogP contribution in [0.4, 0.5) is 14.7 Å². The molecule has 2 amide bonds. The number of rotatable bonds is 8. The van der Waals surface area contributed by atoms with Gasteiger partial charge >= 0.3 is 0 Å². The van der Waals surface area contributed by atoms with Gasteiger partial charge in [0.05, 0.1) is 16.6 Å². The van der Waals surface area contributed by atoms with E-state index < -0.39 is 17.5 Å². The standard InChI is InChI=1S/C25H28F2N4O3/c1-2-34-15-5-12-31-22-7-4-3-6-21(22)28-25(31)29-23(32)17-10-13-30(14-11-17)24(33)19-9-8-18(26)16-20(19)27/h3-4,6-9,16-17H,2,5,10-15H2,1H3,(H,28,29,32). The lowest BCUT2D eigenvalue weighted by Gasteiger charge is -2.31. The number of piperidine rings is 1. The van der Waals surface area contributed by atoms with Crippen molar-refractivity contribution < 1.29 is 23.1 Å². The predicted molar refractivity (Wildman–Crippen MR) is 124 cm³/mol. The minimum Gasteiger partial charge on any atom is -0.382 e. The Bertz CT molecular complexity index is 1170. The number of hydrogen-bond acceptors (Lipinski definition) is 4. The van der Waals surface area contributed by atoms with Crippen LogP contribution < -0.4 is 5.32 Å². The smallest absolute Gasteiger partial charge is 0.256 e. The number of nitrogens with zero attached hydrogens (tertiary/aromatic N) is 3. The molecule has 1 aliphatic heterocycles. The summed E-state index contributed by atoms with van der Waals surface area (Å²) >= 11 is 0. The minimum atomic E-state index is -0.881. The van der Waals surface area contributed by atoms with Crippen molar-refractivity contribution in [3.8, 4) is 0 Å². The Kier molecular flexibility index (Phi) is 7.52. The summed E-state index contributed by atoms with van der Waals surface area (Å²) in [6, 6.07) is 10.6. The van der Waals surface area contributed by atoms with Crippen molar-refractivity contribution in [2.24, 2.45) is 5.92 Å². The zero-order chi connectivity index (χ0) is 24.1. The lowest BCUT2D eigenvalue weighted by molar-refractivity contribution is -0.121. The molecule has 0 bridgehead atoms. The van der Waals surface area contributed by atoms with Crippen molar-refractivity contribution in [1.29, 1.82) is 0 Å². The van der Waals surface area contributed by atoms with Gasteiger partial charge in [0.25, 0.3) is 5.91 Å². The molecule has 3 aromatic rings. The van der Waals surface area contributed by atoms with Crippen LogP contribution in [0, 0.1) is 17.6 Å². The molecule has 180 valence electrons. The quantitative estimate of drug-likeness (QED) is 0.500. The van der Waals surface area contributed by atoms with Gasteiger partial charge in [-0.3, -0.25) is 14.9 Å². The second-order valence-corrected chi connectivity index (χ2v) is 8.31. The molecule has 2 heterocycles. The third kappa shape index (κ3) is 5.25. The number of hydrogen-bond donors (Lipinski definition) is 1. The molecule has 2 aromatic carbocycles. The second-order valence-electron chi connectivity index (χ2n) is 8.31. The number of ether oxygens (including phenoxy) is 1. The fourth-order valence-electron chi connectivity index (χ4n) is 4.26. The van der Waals surface area contributed by atoms with Gasteiger partial charge in [-0.05, 0) is 50.5 Å². The predicted octanol–water partition coefficient (Wildman–Crippen LogP) is 4.23. The molecule has 4 rings (SSSR count). The summed E-state index contributed by atoms with van der Waals surface area (Å²) < 4.78 is 34.6. The zero-order valence-corrected chi connectivity index (χ0v) is 19.1. The van der Waals surface area contributed by atoms with Gasteiger partial charge in [0.15, 0.2) is 0 Å². The number of nitrogens with one attached hydrogen (secondary N) is 1. The maximum atomic E-state index is 14.0. The van der Waals surface area contributed by atoms with E-state index in [1.807, 2.05) is 35.8 Å². The van der Waals surface area contributed by atoms with E-state index in [-0.39, 0.29) is 17.4 Å². The van der Waals surface area contributed by atoms with Crippen molar-refractivity contribution in [3.63, 3.8) is 0 Å². The number of para-hydroxylation sites is 2. The van der Waals surface area contributed by atoms with Crippen LogP contribution in [-0.2, 0) is 16.1 Å². The number of aryl methyl sites for hydroxylation is 1. The molecule has 7 nitrogen and oxygen atoms in total. The van der Waals surface area contributed by atoms with E-state index in [4.69, 9.17) is 4.74 Å². The van der Waals surface area contributed by atoms with Crippen LogP contribution in [0.1, 0.15) is 36.5 Å². The molecule has 0 atom stereocenters. The first kappa shape index (κ1) is 23.8. The number of carbonyl (C=O) groups is 2. The summed E-state index contributed by atoms with van der Waals surface area (Å²) in [5.74, 6) is -2.05. The lowest BCUT2D eigenvalue weighted by Crippen LogP contribution is -2.42. The average Bonchev–Trinajstić information content (AvgIpc) is 3.18. The average molecular weight is 471 g/mol. The number of carbonyl (C=O) groups excluding carboxylic acids is 2. The van der Waals surface area contributed by atoms with E-state index in [9.17, 15) is 18.4 Å². The molecule has 0 aliphatic carbocycles. The fraction of sp³-hybridized carbons (Fsp3) is 0.400. The Morgan fingerprint density at radius 3 is 2.65 bits per heavy atom. The monoisotopic (exact) mass is 470 g/mol. The highest BCUT2D eigenvalue weighted by molar-refractivity contribution is 5.95. The Hall–Kier alpha value is -3.33. The Labute approximate surface area is 196 Å². The molecule has 0 saturated carbocycles. The van der Waals surface area contributed by atoms with E-state index in [1.165, 1.54) is 4.90 Å². The number of likely N-dealkylation sites (tertiary alicyclic amines) is 1. The zero-order valence-electron chi connectivity index (χ0n) is 19.1. The van der Waals surface area contributed by atoms with E-state index in [2.05, 4.69) is 10.3 Å². The molecule has 1 aliphatic rings. The Morgan fingerprint density at radius 2 is 1.91 bits per heavy atom. The minimum absolute atomic E-state index is 0.151. The number of imidazole rings is 1. The van der Waals surface area contributed by atoms with Crippen molar-refractivity contribution in [3.05, 3.63) is 59.7 Å². The first-order valence-electron chi connectivity index (χ1n) is 11.6. The second kappa shape index (κ2) is 10.7. The van der Waals surface area contributed by atoms with Crippen LogP contribution in [0.25, 0.3) is 11.0 Å². The molecular weight excluding hydrogens is 442 g/mol. The van der Waals surface area contributed by atoms with Gasteiger partial charge in [-0.1, -0.05) is 12.1 Å². The number of fused-ring (bicyclic) bond motifs is 1. The summed E-state index contributed by atoms with van der Waals surface area (Å²) in [7, 11) is 0. The summed E-state index contributed by atoms with van der Waals surface area (Å²) in [5, 5.41) is 2.97. The van der Waals surface area contributed by atoms with Crippen LogP contribution in [0.5, 0.6) is 0 Å². The molecule has 0 spiro atoms. The fourth-order valence-corrected chi connectivity index (χ4v) is 4.26. The lowest BCUT2D eigenvalue weighted by atomic mass is 9.95.